The van der Waals surface area contributed by atoms with Gasteiger partial charge in [-0.05, 0) is 18.2 Å². The van der Waals surface area contributed by atoms with Crippen molar-refractivity contribution in [3.8, 4) is 0 Å². The van der Waals surface area contributed by atoms with Crippen molar-refractivity contribution in [2.24, 2.45) is 7.05 Å². The van der Waals surface area contributed by atoms with E-state index in [2.05, 4.69) is 26.2 Å². The molecule has 1 heterocycles. The minimum Gasteiger partial charge on any atom is -0.398 e. The topological polar surface area (TPSA) is 73.8 Å². The molecule has 90 valence electrons. The number of hydrogen-bond donors (Lipinski definition) is 1. The molecule has 0 spiro atoms. The van der Waals surface area contributed by atoms with Gasteiger partial charge in [0.1, 0.15) is 0 Å². The van der Waals surface area contributed by atoms with E-state index >= 15 is 0 Å². The zero-order valence-electron chi connectivity index (χ0n) is 9.13. The van der Waals surface area contributed by atoms with Gasteiger partial charge in [-0.2, -0.15) is 0 Å². The number of benzene rings is 1. The van der Waals surface area contributed by atoms with Gasteiger partial charge in [-0.3, -0.25) is 8.89 Å². The monoisotopic (exact) mass is 314 g/mol. The van der Waals surface area contributed by atoms with Crippen molar-refractivity contribution in [1.82, 2.24) is 15.0 Å². The Hall–Kier alpha value is -1.21. The summed E-state index contributed by atoms with van der Waals surface area (Å²) in [5.41, 5.74) is 7.00. The average Bonchev–Trinajstić information content (AvgIpc) is 2.67. The molecule has 0 bridgehead atoms. The first-order valence-electron chi connectivity index (χ1n) is 4.85. The maximum absolute atomic E-state index is 12.1. The van der Waals surface area contributed by atoms with E-state index in [9.17, 15) is 4.21 Å². The Morgan fingerprint density at radius 2 is 2.29 bits per heavy atom. The standard InChI is InChI=1S/C10H11BrN4OS/c1-15-5-8(13-14-15)6-17(16)10-4-7(11)2-3-9(10)12/h2-5H,6,12H2,1H3. The summed E-state index contributed by atoms with van der Waals surface area (Å²) in [6.07, 6.45) is 1.74. The first-order valence-corrected chi connectivity index (χ1v) is 6.96. The smallest absolute Gasteiger partial charge is 0.0955 e. The number of nitrogens with zero attached hydrogens (tertiary/aromatic N) is 3. The highest BCUT2D eigenvalue weighted by molar-refractivity contribution is 9.10. The second-order valence-corrected chi connectivity index (χ2v) is 5.89. The predicted octanol–water partition coefficient (Wildman–Crippen LogP) is 1.47. The molecule has 17 heavy (non-hydrogen) atoms. The third-order valence-corrected chi connectivity index (χ3v) is 4.05. The number of aryl methyl sites for hydroxylation is 1. The first kappa shape index (κ1) is 12.3. The van der Waals surface area contributed by atoms with E-state index < -0.39 is 10.8 Å². The van der Waals surface area contributed by atoms with Crippen LogP contribution in [0.2, 0.25) is 0 Å². The van der Waals surface area contributed by atoms with Crippen molar-refractivity contribution in [1.29, 1.82) is 0 Å². The summed E-state index contributed by atoms with van der Waals surface area (Å²) in [5.74, 6) is 0.314. The van der Waals surface area contributed by atoms with Crippen LogP contribution in [-0.2, 0) is 23.6 Å². The molecule has 0 radical (unpaired) electrons. The molecule has 0 aliphatic rings. The lowest BCUT2D eigenvalue weighted by atomic mass is 10.3. The third kappa shape index (κ3) is 2.92. The van der Waals surface area contributed by atoms with E-state index in [-0.39, 0.29) is 0 Å². The molecule has 0 aliphatic heterocycles. The van der Waals surface area contributed by atoms with Crippen molar-refractivity contribution < 1.29 is 4.21 Å². The molecule has 1 unspecified atom stereocenters. The molecule has 2 aromatic rings. The molecule has 7 heteroatoms. The highest BCUT2D eigenvalue weighted by atomic mass is 79.9. The number of anilines is 1. The van der Waals surface area contributed by atoms with E-state index in [1.807, 2.05) is 6.07 Å². The molecular weight excluding hydrogens is 304 g/mol. The lowest BCUT2D eigenvalue weighted by Crippen LogP contribution is -2.01. The van der Waals surface area contributed by atoms with E-state index in [1.54, 1.807) is 30.1 Å². The number of aromatic nitrogens is 3. The predicted molar refractivity (Wildman–Crippen MR) is 69.7 cm³/mol. The molecule has 0 saturated carbocycles. The molecule has 0 aliphatic carbocycles. The summed E-state index contributed by atoms with van der Waals surface area (Å²) in [4.78, 5) is 0.616. The highest BCUT2D eigenvalue weighted by Gasteiger charge is 2.11. The molecule has 0 saturated heterocycles. The molecule has 0 fully saturated rings. The Labute approximate surface area is 110 Å². The van der Waals surface area contributed by atoms with Crippen LogP contribution in [-0.4, -0.2) is 19.2 Å². The van der Waals surface area contributed by atoms with Crippen molar-refractivity contribution in [3.05, 3.63) is 34.6 Å². The molecule has 2 rings (SSSR count). The van der Waals surface area contributed by atoms with E-state index in [0.717, 1.165) is 4.47 Å². The van der Waals surface area contributed by atoms with Crippen LogP contribution in [0.3, 0.4) is 0 Å². The van der Waals surface area contributed by atoms with Gasteiger partial charge in [-0.1, -0.05) is 21.1 Å². The normalized spacial score (nSPS) is 12.6. The van der Waals surface area contributed by atoms with Crippen molar-refractivity contribution in [3.63, 3.8) is 0 Å². The zero-order valence-corrected chi connectivity index (χ0v) is 11.5. The summed E-state index contributed by atoms with van der Waals surface area (Å²) in [5, 5.41) is 7.70. The van der Waals surface area contributed by atoms with E-state index in [1.165, 1.54) is 0 Å². The Morgan fingerprint density at radius 1 is 1.53 bits per heavy atom. The Kier molecular flexibility index (Phi) is 3.58. The maximum atomic E-state index is 12.1. The number of rotatable bonds is 3. The molecule has 1 aromatic carbocycles. The number of nitrogens with two attached hydrogens (primary N) is 1. The van der Waals surface area contributed by atoms with Gasteiger partial charge in [-0.15, -0.1) is 5.10 Å². The van der Waals surface area contributed by atoms with Crippen molar-refractivity contribution in [2.45, 2.75) is 10.6 Å². The molecule has 5 nitrogen and oxygen atoms in total. The first-order chi connectivity index (χ1) is 8.06. The SMILES string of the molecule is Cn1cc(CS(=O)c2cc(Br)ccc2N)nn1. The maximum Gasteiger partial charge on any atom is 0.0955 e. The highest BCUT2D eigenvalue weighted by Crippen LogP contribution is 2.23. The molecule has 1 aromatic heterocycles. The van der Waals surface area contributed by atoms with Crippen LogP contribution in [0.1, 0.15) is 5.69 Å². The fraction of sp³-hybridized carbons (Fsp3) is 0.200. The lowest BCUT2D eigenvalue weighted by Gasteiger charge is -2.04. The second-order valence-electron chi connectivity index (χ2n) is 3.56. The summed E-state index contributed by atoms with van der Waals surface area (Å²) < 4.78 is 14.6. The quantitative estimate of drug-likeness (QED) is 0.871. The minimum atomic E-state index is -1.21. The van der Waals surface area contributed by atoms with Gasteiger partial charge in [0.05, 0.1) is 27.1 Å². The Bertz CT molecular complexity index is 569. The number of halogens is 1. The number of hydrogen-bond acceptors (Lipinski definition) is 4. The van der Waals surface area contributed by atoms with Gasteiger partial charge in [-0.25, -0.2) is 0 Å². The average molecular weight is 315 g/mol. The Morgan fingerprint density at radius 3 is 2.94 bits per heavy atom. The van der Waals surface area contributed by atoms with Gasteiger partial charge in [0.15, 0.2) is 0 Å². The largest absolute Gasteiger partial charge is 0.398 e. The van der Waals surface area contributed by atoms with Gasteiger partial charge < -0.3 is 5.73 Å². The molecular formula is C10H11BrN4OS. The summed E-state index contributed by atoms with van der Waals surface area (Å²) >= 11 is 3.33. The molecule has 1 atom stereocenters. The number of nitrogen functional groups attached to an aromatic ring is 1. The van der Waals surface area contributed by atoms with Gasteiger partial charge >= 0.3 is 0 Å². The van der Waals surface area contributed by atoms with E-state index in [0.29, 0.717) is 22.0 Å². The van der Waals surface area contributed by atoms with Gasteiger partial charge in [0, 0.05) is 23.4 Å². The Balaban J connectivity index is 2.22. The summed E-state index contributed by atoms with van der Waals surface area (Å²) in [6.45, 7) is 0. The zero-order chi connectivity index (χ0) is 12.4. The minimum absolute atomic E-state index is 0.314. The summed E-state index contributed by atoms with van der Waals surface area (Å²) in [7, 11) is 0.557. The molecule has 2 N–H and O–H groups in total. The van der Waals surface area contributed by atoms with Crippen LogP contribution in [0.4, 0.5) is 5.69 Å². The van der Waals surface area contributed by atoms with Gasteiger partial charge in [0.2, 0.25) is 0 Å². The van der Waals surface area contributed by atoms with Crippen LogP contribution in [0, 0.1) is 0 Å². The fourth-order valence-electron chi connectivity index (χ4n) is 1.38. The fourth-order valence-corrected chi connectivity index (χ4v) is 3.04. The third-order valence-electron chi connectivity index (χ3n) is 2.15. The van der Waals surface area contributed by atoms with E-state index in [4.69, 9.17) is 5.73 Å². The van der Waals surface area contributed by atoms with Crippen LogP contribution >= 0.6 is 15.9 Å². The second kappa shape index (κ2) is 4.97. The van der Waals surface area contributed by atoms with Crippen LogP contribution < -0.4 is 5.73 Å². The van der Waals surface area contributed by atoms with Crippen molar-refractivity contribution in [2.75, 3.05) is 5.73 Å². The lowest BCUT2D eigenvalue weighted by molar-refractivity contribution is 0.682. The van der Waals surface area contributed by atoms with Crippen LogP contribution in [0.15, 0.2) is 33.8 Å². The van der Waals surface area contributed by atoms with Crippen LogP contribution in [0.5, 0.6) is 0 Å². The molecule has 0 amide bonds. The summed E-state index contributed by atoms with van der Waals surface area (Å²) in [6, 6.07) is 5.31. The van der Waals surface area contributed by atoms with Gasteiger partial charge in [0.25, 0.3) is 0 Å². The van der Waals surface area contributed by atoms with Crippen LogP contribution in [0.25, 0.3) is 0 Å². The van der Waals surface area contributed by atoms with Crippen molar-refractivity contribution >= 4 is 32.4 Å².